The maximum absolute atomic E-state index is 13.0. The topological polar surface area (TPSA) is 25.2 Å². The second-order valence-corrected chi connectivity index (χ2v) is 4.95. The average Bonchev–Trinajstić information content (AvgIpc) is 2.79. The van der Waals surface area contributed by atoms with E-state index in [9.17, 15) is 4.39 Å². The highest BCUT2D eigenvalue weighted by Crippen LogP contribution is 2.24. The first kappa shape index (κ1) is 12.6. The number of likely N-dealkylation sites (N-methyl/N-ethyl adjacent to an activating group) is 1. The maximum atomic E-state index is 13.0. The standard InChI is InChI=1S/C13H13FINO/c1-16-13(8-10-3-2-6-17-10)11-5-4-9(14)7-12(11)15/h2-7,13,16H,8H2,1H3. The molecule has 2 aromatic rings. The number of hydrogen-bond donors (Lipinski definition) is 1. The fourth-order valence-corrected chi connectivity index (χ4v) is 2.63. The Labute approximate surface area is 113 Å². The van der Waals surface area contributed by atoms with Gasteiger partial charge >= 0.3 is 0 Å². The number of nitrogens with one attached hydrogen (secondary N) is 1. The van der Waals surface area contributed by atoms with Gasteiger partial charge in [-0.3, -0.25) is 0 Å². The minimum Gasteiger partial charge on any atom is -0.469 e. The lowest BCUT2D eigenvalue weighted by Crippen LogP contribution is -2.19. The Morgan fingerprint density at radius 2 is 2.24 bits per heavy atom. The van der Waals surface area contributed by atoms with Gasteiger partial charge in [-0.2, -0.15) is 0 Å². The van der Waals surface area contributed by atoms with Crippen LogP contribution >= 0.6 is 22.6 Å². The normalized spacial score (nSPS) is 12.6. The summed E-state index contributed by atoms with van der Waals surface area (Å²) in [6.07, 6.45) is 2.42. The first-order chi connectivity index (χ1) is 8.20. The summed E-state index contributed by atoms with van der Waals surface area (Å²) in [5, 5.41) is 3.23. The first-order valence-electron chi connectivity index (χ1n) is 5.35. The average molecular weight is 345 g/mol. The van der Waals surface area contributed by atoms with Crippen LogP contribution in [-0.4, -0.2) is 7.05 Å². The highest BCUT2D eigenvalue weighted by atomic mass is 127. The number of halogens is 2. The number of hydrogen-bond acceptors (Lipinski definition) is 2. The second-order valence-electron chi connectivity index (χ2n) is 3.79. The summed E-state index contributed by atoms with van der Waals surface area (Å²) in [7, 11) is 1.90. The van der Waals surface area contributed by atoms with Crippen molar-refractivity contribution in [1.82, 2.24) is 5.32 Å². The molecular weight excluding hydrogens is 332 g/mol. The molecule has 1 aromatic heterocycles. The predicted molar refractivity (Wildman–Crippen MR) is 73.3 cm³/mol. The zero-order valence-corrected chi connectivity index (χ0v) is 11.6. The summed E-state index contributed by atoms with van der Waals surface area (Å²) in [4.78, 5) is 0. The van der Waals surface area contributed by atoms with Crippen LogP contribution in [0.2, 0.25) is 0 Å². The Morgan fingerprint density at radius 1 is 1.41 bits per heavy atom. The monoisotopic (exact) mass is 345 g/mol. The Balaban J connectivity index is 2.23. The molecule has 0 saturated heterocycles. The van der Waals surface area contributed by atoms with Gasteiger partial charge in [0.05, 0.1) is 6.26 Å². The molecule has 0 aliphatic rings. The van der Waals surface area contributed by atoms with Crippen LogP contribution in [0.15, 0.2) is 41.0 Å². The van der Waals surface area contributed by atoms with Crippen molar-refractivity contribution in [2.24, 2.45) is 0 Å². The highest BCUT2D eigenvalue weighted by molar-refractivity contribution is 14.1. The lowest BCUT2D eigenvalue weighted by Gasteiger charge is -2.17. The van der Waals surface area contributed by atoms with Crippen LogP contribution in [0.1, 0.15) is 17.4 Å². The fraction of sp³-hybridized carbons (Fsp3) is 0.231. The molecule has 0 aliphatic heterocycles. The van der Waals surface area contributed by atoms with Crippen molar-refractivity contribution >= 4 is 22.6 Å². The van der Waals surface area contributed by atoms with Crippen molar-refractivity contribution in [3.8, 4) is 0 Å². The molecule has 2 rings (SSSR count). The smallest absolute Gasteiger partial charge is 0.124 e. The van der Waals surface area contributed by atoms with Gasteiger partial charge in [0.1, 0.15) is 11.6 Å². The molecule has 1 aromatic carbocycles. The van der Waals surface area contributed by atoms with Crippen LogP contribution in [0.25, 0.3) is 0 Å². The van der Waals surface area contributed by atoms with E-state index in [1.165, 1.54) is 6.07 Å². The van der Waals surface area contributed by atoms with Gasteiger partial charge in [0.25, 0.3) is 0 Å². The lowest BCUT2D eigenvalue weighted by molar-refractivity contribution is 0.465. The van der Waals surface area contributed by atoms with Gasteiger partial charge in [0, 0.05) is 16.0 Å². The van der Waals surface area contributed by atoms with E-state index in [1.807, 2.05) is 25.2 Å². The van der Waals surface area contributed by atoms with E-state index in [0.29, 0.717) is 0 Å². The third-order valence-electron chi connectivity index (χ3n) is 2.67. The van der Waals surface area contributed by atoms with Crippen molar-refractivity contribution in [2.75, 3.05) is 7.05 Å². The van der Waals surface area contributed by atoms with Crippen molar-refractivity contribution < 1.29 is 8.81 Å². The molecule has 17 heavy (non-hydrogen) atoms. The molecule has 4 heteroatoms. The van der Waals surface area contributed by atoms with E-state index in [-0.39, 0.29) is 11.9 Å². The molecule has 0 aliphatic carbocycles. The maximum Gasteiger partial charge on any atom is 0.124 e. The summed E-state index contributed by atoms with van der Waals surface area (Å²) in [6, 6.07) is 8.81. The molecular formula is C13H13FINO. The van der Waals surface area contributed by atoms with E-state index >= 15 is 0 Å². The lowest BCUT2D eigenvalue weighted by atomic mass is 10.0. The van der Waals surface area contributed by atoms with Gasteiger partial charge < -0.3 is 9.73 Å². The van der Waals surface area contributed by atoms with Gasteiger partial charge in [0.15, 0.2) is 0 Å². The van der Waals surface area contributed by atoms with Gasteiger partial charge in [-0.05, 0) is 59.5 Å². The van der Waals surface area contributed by atoms with Crippen molar-refractivity contribution in [3.05, 3.63) is 57.3 Å². The summed E-state index contributed by atoms with van der Waals surface area (Å²) in [6.45, 7) is 0. The Morgan fingerprint density at radius 3 is 2.82 bits per heavy atom. The van der Waals surface area contributed by atoms with Crippen molar-refractivity contribution in [1.29, 1.82) is 0 Å². The van der Waals surface area contributed by atoms with Crippen LogP contribution in [0.3, 0.4) is 0 Å². The molecule has 2 nitrogen and oxygen atoms in total. The van der Waals surface area contributed by atoms with E-state index in [0.717, 1.165) is 21.3 Å². The molecule has 0 radical (unpaired) electrons. The zero-order valence-electron chi connectivity index (χ0n) is 9.41. The van der Waals surface area contributed by atoms with E-state index < -0.39 is 0 Å². The molecule has 1 atom stereocenters. The number of furan rings is 1. The molecule has 1 heterocycles. The number of rotatable bonds is 4. The van der Waals surface area contributed by atoms with E-state index in [2.05, 4.69) is 27.9 Å². The van der Waals surface area contributed by atoms with Gasteiger partial charge in [-0.1, -0.05) is 6.07 Å². The Hall–Kier alpha value is -0.880. The van der Waals surface area contributed by atoms with Crippen LogP contribution in [0.4, 0.5) is 4.39 Å². The molecule has 0 amide bonds. The van der Waals surface area contributed by atoms with Crippen LogP contribution in [-0.2, 0) is 6.42 Å². The van der Waals surface area contributed by atoms with Gasteiger partial charge in [-0.25, -0.2) is 4.39 Å². The van der Waals surface area contributed by atoms with E-state index in [1.54, 1.807) is 12.3 Å². The SMILES string of the molecule is CNC(Cc1ccco1)c1ccc(F)cc1I. The molecule has 1 unspecified atom stereocenters. The first-order valence-corrected chi connectivity index (χ1v) is 6.43. The van der Waals surface area contributed by atoms with Crippen molar-refractivity contribution in [3.63, 3.8) is 0 Å². The Kier molecular flexibility index (Phi) is 4.17. The number of benzene rings is 1. The Bertz CT molecular complexity index is 484. The third-order valence-corrected chi connectivity index (χ3v) is 3.61. The molecule has 0 fully saturated rings. The molecule has 0 spiro atoms. The largest absolute Gasteiger partial charge is 0.469 e. The molecule has 1 N–H and O–H groups in total. The minimum atomic E-state index is -0.203. The summed E-state index contributed by atoms with van der Waals surface area (Å²) >= 11 is 2.16. The van der Waals surface area contributed by atoms with Crippen LogP contribution in [0.5, 0.6) is 0 Å². The van der Waals surface area contributed by atoms with Gasteiger partial charge in [-0.15, -0.1) is 0 Å². The minimum absolute atomic E-state index is 0.133. The van der Waals surface area contributed by atoms with Crippen molar-refractivity contribution in [2.45, 2.75) is 12.5 Å². The fourth-order valence-electron chi connectivity index (χ4n) is 1.78. The third kappa shape index (κ3) is 3.07. The van der Waals surface area contributed by atoms with Crippen LogP contribution < -0.4 is 5.32 Å². The second kappa shape index (κ2) is 5.64. The zero-order chi connectivity index (χ0) is 12.3. The van der Waals surface area contributed by atoms with Gasteiger partial charge in [0.2, 0.25) is 0 Å². The highest BCUT2D eigenvalue weighted by Gasteiger charge is 2.14. The molecule has 0 saturated carbocycles. The summed E-state index contributed by atoms with van der Waals surface area (Å²) in [5.41, 5.74) is 1.09. The summed E-state index contributed by atoms with van der Waals surface area (Å²) < 4.78 is 19.3. The molecule has 90 valence electrons. The molecule has 0 bridgehead atoms. The quantitative estimate of drug-likeness (QED) is 0.858. The predicted octanol–water partition coefficient (Wildman–Crippen LogP) is 3.53. The van der Waals surface area contributed by atoms with Crippen LogP contribution in [0, 0.1) is 9.39 Å². The summed E-state index contributed by atoms with van der Waals surface area (Å²) in [5.74, 6) is 0.718. The van der Waals surface area contributed by atoms with E-state index in [4.69, 9.17) is 4.42 Å².